The first-order valence-electron chi connectivity index (χ1n) is 9.52. The monoisotopic (exact) mass is 378 g/mol. The summed E-state index contributed by atoms with van der Waals surface area (Å²) in [5.41, 5.74) is 4.85. The predicted octanol–water partition coefficient (Wildman–Crippen LogP) is 2.64. The molecule has 1 saturated heterocycles. The Morgan fingerprint density at radius 2 is 2.11 bits per heavy atom. The molecule has 3 aromatic rings. The first kappa shape index (κ1) is 17.2. The number of carbonyl (C=O) groups is 1. The normalized spacial score (nSPS) is 20.4. The summed E-state index contributed by atoms with van der Waals surface area (Å²) in [6.07, 6.45) is 4.66. The quantitative estimate of drug-likeness (QED) is 0.698. The van der Waals surface area contributed by atoms with Gasteiger partial charge in [0.25, 0.3) is 0 Å². The second-order valence-electron chi connectivity index (χ2n) is 7.35. The van der Waals surface area contributed by atoms with E-state index in [0.717, 1.165) is 53.2 Å². The maximum Gasteiger partial charge on any atom is 0.249 e. The molecule has 1 aromatic carbocycles. The van der Waals surface area contributed by atoms with Gasteiger partial charge in [0.15, 0.2) is 5.65 Å². The third-order valence-electron chi connectivity index (χ3n) is 5.84. The van der Waals surface area contributed by atoms with Gasteiger partial charge in [-0.05, 0) is 25.0 Å². The molecular weight excluding hydrogens is 356 g/mol. The Labute approximate surface area is 162 Å². The topological polar surface area (TPSA) is 69.0 Å². The van der Waals surface area contributed by atoms with E-state index in [4.69, 9.17) is 14.6 Å². The van der Waals surface area contributed by atoms with Gasteiger partial charge in [0.1, 0.15) is 12.4 Å². The van der Waals surface area contributed by atoms with Gasteiger partial charge in [-0.2, -0.15) is 5.10 Å². The second kappa shape index (κ2) is 6.60. The molecule has 28 heavy (non-hydrogen) atoms. The fraction of sp³-hybridized carbons (Fsp3) is 0.381. The van der Waals surface area contributed by atoms with Gasteiger partial charge >= 0.3 is 0 Å². The summed E-state index contributed by atoms with van der Waals surface area (Å²) in [4.78, 5) is 19.2. The van der Waals surface area contributed by atoms with Crippen LogP contribution in [-0.2, 0) is 16.0 Å². The van der Waals surface area contributed by atoms with E-state index < -0.39 is 0 Å². The third-order valence-corrected chi connectivity index (χ3v) is 5.84. The summed E-state index contributed by atoms with van der Waals surface area (Å²) >= 11 is 0. The van der Waals surface area contributed by atoms with Gasteiger partial charge in [0, 0.05) is 43.0 Å². The number of nitrogens with zero attached hydrogens (tertiary/aromatic N) is 4. The molecule has 0 aliphatic carbocycles. The minimum atomic E-state index is 0.0518. The zero-order chi connectivity index (χ0) is 19.3. The smallest absolute Gasteiger partial charge is 0.249 e. The van der Waals surface area contributed by atoms with Crippen molar-refractivity contribution < 1.29 is 14.3 Å². The van der Waals surface area contributed by atoms with Crippen molar-refractivity contribution in [3.63, 3.8) is 0 Å². The first-order chi connectivity index (χ1) is 13.7. The van der Waals surface area contributed by atoms with E-state index in [1.165, 1.54) is 0 Å². The number of hydrogen-bond acceptors (Lipinski definition) is 5. The van der Waals surface area contributed by atoms with Crippen molar-refractivity contribution in [2.45, 2.75) is 31.3 Å². The second-order valence-corrected chi connectivity index (χ2v) is 7.35. The summed E-state index contributed by atoms with van der Waals surface area (Å²) in [7, 11) is 3.23. The minimum Gasteiger partial charge on any atom is -0.496 e. The Bertz CT molecular complexity index is 1060. The molecule has 0 unspecified atom stereocenters. The van der Waals surface area contributed by atoms with E-state index in [9.17, 15) is 4.79 Å². The van der Waals surface area contributed by atoms with Crippen molar-refractivity contribution in [2.24, 2.45) is 0 Å². The lowest BCUT2D eigenvalue weighted by Crippen LogP contribution is -2.44. The average Bonchev–Trinajstić information content (AvgIpc) is 3.29. The van der Waals surface area contributed by atoms with Gasteiger partial charge in [-0.3, -0.25) is 4.79 Å². The van der Waals surface area contributed by atoms with Crippen molar-refractivity contribution in [1.29, 1.82) is 0 Å². The fourth-order valence-corrected chi connectivity index (χ4v) is 4.65. The molecule has 1 amide bonds. The number of carbonyl (C=O) groups excluding carboxylic acids is 1. The van der Waals surface area contributed by atoms with Crippen LogP contribution in [0.5, 0.6) is 5.75 Å². The highest BCUT2D eigenvalue weighted by atomic mass is 16.5. The Morgan fingerprint density at radius 3 is 2.93 bits per heavy atom. The number of hydrogen-bond donors (Lipinski definition) is 0. The molecule has 0 spiro atoms. The summed E-state index contributed by atoms with van der Waals surface area (Å²) < 4.78 is 12.5. The van der Waals surface area contributed by atoms with Gasteiger partial charge in [-0.1, -0.05) is 12.1 Å². The summed E-state index contributed by atoms with van der Waals surface area (Å²) in [5, 5.41) is 4.85. The summed E-state index contributed by atoms with van der Waals surface area (Å²) in [6, 6.07) is 10.1. The molecule has 1 fully saturated rings. The van der Waals surface area contributed by atoms with Crippen LogP contribution in [0.3, 0.4) is 0 Å². The molecule has 0 N–H and O–H groups in total. The molecule has 5 rings (SSSR count). The van der Waals surface area contributed by atoms with E-state index in [-0.39, 0.29) is 24.6 Å². The van der Waals surface area contributed by atoms with Crippen molar-refractivity contribution >= 4 is 11.6 Å². The lowest BCUT2D eigenvalue weighted by atomic mass is 9.99. The van der Waals surface area contributed by atoms with Crippen LogP contribution in [-0.4, -0.2) is 52.3 Å². The molecule has 0 radical (unpaired) electrons. The molecule has 4 heterocycles. The molecule has 7 nitrogen and oxygen atoms in total. The van der Waals surface area contributed by atoms with Crippen molar-refractivity contribution in [2.75, 3.05) is 20.8 Å². The van der Waals surface area contributed by atoms with Crippen LogP contribution in [0.2, 0.25) is 0 Å². The number of rotatable bonds is 4. The van der Waals surface area contributed by atoms with Gasteiger partial charge in [-0.15, -0.1) is 0 Å². The predicted molar refractivity (Wildman–Crippen MR) is 103 cm³/mol. The summed E-state index contributed by atoms with van der Waals surface area (Å²) in [5.74, 6) is 0.840. The van der Waals surface area contributed by atoms with Crippen LogP contribution in [0.15, 0.2) is 36.5 Å². The van der Waals surface area contributed by atoms with Crippen LogP contribution < -0.4 is 4.74 Å². The van der Waals surface area contributed by atoms with E-state index in [2.05, 4.69) is 4.98 Å². The number of ether oxygens (including phenoxy) is 2. The highest BCUT2D eigenvalue weighted by Gasteiger charge is 2.43. The maximum absolute atomic E-state index is 12.5. The Morgan fingerprint density at radius 1 is 1.25 bits per heavy atom. The SMILES string of the molecule is COCC(=O)N1[C@@H]2CC[C@H]1c1cnc3cc(-c4ccccc4OC)nn3c1C2. The molecule has 2 aliphatic heterocycles. The van der Waals surface area contributed by atoms with Gasteiger partial charge in [0.2, 0.25) is 5.91 Å². The summed E-state index contributed by atoms with van der Waals surface area (Å²) in [6.45, 7) is 0.123. The average molecular weight is 378 g/mol. The van der Waals surface area contributed by atoms with Crippen LogP contribution >= 0.6 is 0 Å². The first-order valence-corrected chi connectivity index (χ1v) is 9.52. The molecule has 144 valence electrons. The van der Waals surface area contributed by atoms with Gasteiger partial charge in [-0.25, -0.2) is 9.50 Å². The standard InChI is InChI=1S/C21H22N4O3/c1-27-12-21(26)24-13-7-8-17(24)15-11-22-20-10-16(23-25(20)18(15)9-13)14-5-3-4-6-19(14)28-2/h3-6,10-11,13,17H,7-9,12H2,1-2H3/t13-,17+/m1/s1. The number of benzene rings is 1. The highest BCUT2D eigenvalue weighted by molar-refractivity contribution is 5.79. The van der Waals surface area contributed by atoms with Crippen molar-refractivity contribution in [1.82, 2.24) is 19.5 Å². The lowest BCUT2D eigenvalue weighted by molar-refractivity contribution is -0.138. The number of amides is 1. The number of aromatic nitrogens is 3. The Kier molecular flexibility index (Phi) is 4.05. The van der Waals surface area contributed by atoms with E-state index >= 15 is 0 Å². The molecule has 2 aromatic heterocycles. The minimum absolute atomic E-state index is 0.0518. The zero-order valence-corrected chi connectivity index (χ0v) is 16.0. The molecule has 2 aliphatic rings. The highest BCUT2D eigenvalue weighted by Crippen LogP contribution is 2.43. The zero-order valence-electron chi connectivity index (χ0n) is 16.0. The largest absolute Gasteiger partial charge is 0.496 e. The van der Waals surface area contributed by atoms with E-state index in [1.807, 2.05) is 45.9 Å². The third kappa shape index (κ3) is 2.50. The number of methoxy groups -OCH3 is 2. The van der Waals surface area contributed by atoms with Crippen LogP contribution in [0.4, 0.5) is 0 Å². The fourth-order valence-electron chi connectivity index (χ4n) is 4.65. The van der Waals surface area contributed by atoms with E-state index in [0.29, 0.717) is 0 Å². The van der Waals surface area contributed by atoms with Crippen LogP contribution in [0, 0.1) is 0 Å². The van der Waals surface area contributed by atoms with Gasteiger partial charge < -0.3 is 14.4 Å². The number of para-hydroxylation sites is 1. The molecule has 7 heteroatoms. The molecule has 2 bridgehead atoms. The molecule has 2 atom stereocenters. The van der Waals surface area contributed by atoms with Crippen LogP contribution in [0.25, 0.3) is 16.9 Å². The van der Waals surface area contributed by atoms with Crippen LogP contribution in [0.1, 0.15) is 30.1 Å². The lowest BCUT2D eigenvalue weighted by Gasteiger charge is -2.36. The Balaban J connectivity index is 1.60. The maximum atomic E-state index is 12.5. The van der Waals surface area contributed by atoms with Gasteiger partial charge in [0.05, 0.1) is 24.5 Å². The molecule has 0 saturated carbocycles. The van der Waals surface area contributed by atoms with E-state index in [1.54, 1.807) is 14.2 Å². The van der Waals surface area contributed by atoms with Crippen molar-refractivity contribution in [3.05, 3.63) is 47.8 Å². The Hall–Kier alpha value is -2.93. The number of fused-ring (bicyclic) bond motifs is 6. The molecular formula is C21H22N4O3. The van der Waals surface area contributed by atoms with Crippen molar-refractivity contribution in [3.8, 4) is 17.0 Å².